The molecule has 13 heavy (non-hydrogen) atoms. The van der Waals surface area contributed by atoms with Crippen LogP contribution in [-0.2, 0) is 14.3 Å². The fourth-order valence-corrected chi connectivity index (χ4v) is 1.69. The van der Waals surface area contributed by atoms with Gasteiger partial charge in [0.1, 0.15) is 5.78 Å². The summed E-state index contributed by atoms with van der Waals surface area (Å²) in [6, 6.07) is 0. The lowest BCUT2D eigenvalue weighted by molar-refractivity contribution is -0.155. The summed E-state index contributed by atoms with van der Waals surface area (Å²) in [7, 11) is 3.13. The number of ketones is 1. The zero-order valence-corrected chi connectivity index (χ0v) is 8.74. The summed E-state index contributed by atoms with van der Waals surface area (Å²) in [5.41, 5.74) is 0. The predicted octanol–water partition coefficient (Wildman–Crippen LogP) is 1.47. The van der Waals surface area contributed by atoms with Gasteiger partial charge in [-0.25, -0.2) is 0 Å². The normalized spacial score (nSPS) is 29.0. The van der Waals surface area contributed by atoms with Crippen LogP contribution in [0.1, 0.15) is 20.3 Å². The number of hydrogen-bond donors (Lipinski definition) is 0. The van der Waals surface area contributed by atoms with Gasteiger partial charge < -0.3 is 9.47 Å². The molecule has 0 spiro atoms. The van der Waals surface area contributed by atoms with Gasteiger partial charge in [0.15, 0.2) is 6.29 Å². The summed E-state index contributed by atoms with van der Waals surface area (Å²) >= 11 is 0. The molecule has 0 aromatic carbocycles. The van der Waals surface area contributed by atoms with Crippen LogP contribution in [0.3, 0.4) is 0 Å². The van der Waals surface area contributed by atoms with E-state index in [1.165, 1.54) is 0 Å². The maximum absolute atomic E-state index is 11.7. The molecule has 1 fully saturated rings. The Morgan fingerprint density at radius 2 is 1.85 bits per heavy atom. The van der Waals surface area contributed by atoms with E-state index in [1.54, 1.807) is 14.2 Å². The van der Waals surface area contributed by atoms with Crippen LogP contribution < -0.4 is 0 Å². The van der Waals surface area contributed by atoms with Crippen molar-refractivity contribution in [2.75, 3.05) is 14.2 Å². The third-order valence-corrected chi connectivity index (χ3v) is 2.80. The predicted molar refractivity (Wildman–Crippen MR) is 49.2 cm³/mol. The minimum Gasteiger partial charge on any atom is -0.355 e. The van der Waals surface area contributed by atoms with E-state index in [1.807, 2.05) is 6.92 Å². The second-order valence-corrected chi connectivity index (χ2v) is 3.85. The number of carbonyl (C=O) groups excluding carboxylic acids is 1. The molecule has 3 nitrogen and oxygen atoms in total. The van der Waals surface area contributed by atoms with Crippen molar-refractivity contribution < 1.29 is 14.3 Å². The average Bonchev–Trinajstić information content (AvgIpc) is 2.83. The van der Waals surface area contributed by atoms with Gasteiger partial charge in [0.2, 0.25) is 0 Å². The second-order valence-electron chi connectivity index (χ2n) is 3.85. The van der Waals surface area contributed by atoms with Crippen LogP contribution in [-0.4, -0.2) is 26.3 Å². The van der Waals surface area contributed by atoms with Crippen molar-refractivity contribution in [3.05, 3.63) is 0 Å². The zero-order valence-electron chi connectivity index (χ0n) is 8.74. The molecule has 0 heterocycles. The van der Waals surface area contributed by atoms with Gasteiger partial charge in [0.05, 0.1) is 5.92 Å². The fraction of sp³-hybridized carbons (Fsp3) is 0.900. The number of methoxy groups -OCH3 is 2. The van der Waals surface area contributed by atoms with Gasteiger partial charge >= 0.3 is 0 Å². The van der Waals surface area contributed by atoms with E-state index in [9.17, 15) is 4.79 Å². The molecule has 3 unspecified atom stereocenters. The van der Waals surface area contributed by atoms with Gasteiger partial charge in [-0.05, 0) is 12.3 Å². The molecule has 3 heteroatoms. The molecule has 1 aliphatic rings. The van der Waals surface area contributed by atoms with Crippen LogP contribution in [0.15, 0.2) is 0 Å². The quantitative estimate of drug-likeness (QED) is 0.610. The van der Waals surface area contributed by atoms with Crippen molar-refractivity contribution in [3.63, 3.8) is 0 Å². The van der Waals surface area contributed by atoms with Gasteiger partial charge in [-0.15, -0.1) is 0 Å². The Kier molecular flexibility index (Phi) is 3.45. The number of rotatable bonds is 5. The minimum absolute atomic E-state index is 0.148. The Labute approximate surface area is 79.4 Å². The Bertz CT molecular complexity index is 187. The summed E-state index contributed by atoms with van der Waals surface area (Å²) < 4.78 is 10.1. The van der Waals surface area contributed by atoms with Crippen LogP contribution in [0.2, 0.25) is 0 Å². The Balaban J connectivity index is 2.45. The van der Waals surface area contributed by atoms with E-state index in [-0.39, 0.29) is 23.9 Å². The molecular formula is C10H18O3. The lowest BCUT2D eigenvalue weighted by atomic mass is 10.0. The molecule has 0 aromatic heterocycles. The molecule has 0 radical (unpaired) electrons. The first kappa shape index (κ1) is 10.7. The molecule has 76 valence electrons. The van der Waals surface area contributed by atoms with Crippen LogP contribution in [0.25, 0.3) is 0 Å². The van der Waals surface area contributed by atoms with Gasteiger partial charge in [-0.3, -0.25) is 4.79 Å². The third kappa shape index (κ3) is 2.29. The topological polar surface area (TPSA) is 35.5 Å². The summed E-state index contributed by atoms with van der Waals surface area (Å²) in [5.74, 6) is 0.943. The first-order valence-electron chi connectivity index (χ1n) is 4.71. The lowest BCUT2D eigenvalue weighted by Gasteiger charge is -2.19. The number of Topliss-reactive ketones (excluding diaryl/α,β-unsaturated/α-hetero) is 1. The highest BCUT2D eigenvalue weighted by molar-refractivity contribution is 5.85. The number of ether oxygens (including phenoxy) is 2. The molecular weight excluding hydrogens is 168 g/mol. The standard InChI is InChI=1S/C10H18O3/c1-6-5-8(6)9(11)7(2)10(12-3)13-4/h6-8,10H,5H2,1-4H3. The smallest absolute Gasteiger partial charge is 0.166 e. The van der Waals surface area contributed by atoms with E-state index in [4.69, 9.17) is 9.47 Å². The van der Waals surface area contributed by atoms with Gasteiger partial charge in [-0.2, -0.15) is 0 Å². The monoisotopic (exact) mass is 186 g/mol. The van der Waals surface area contributed by atoms with Crippen molar-refractivity contribution in [3.8, 4) is 0 Å². The highest BCUT2D eigenvalue weighted by Gasteiger charge is 2.42. The second kappa shape index (κ2) is 4.20. The molecule has 1 rings (SSSR count). The van der Waals surface area contributed by atoms with Crippen molar-refractivity contribution >= 4 is 5.78 Å². The molecule has 0 N–H and O–H groups in total. The van der Waals surface area contributed by atoms with Crippen molar-refractivity contribution in [2.45, 2.75) is 26.6 Å². The molecule has 0 saturated heterocycles. The first-order chi connectivity index (χ1) is 6.11. The average molecular weight is 186 g/mol. The van der Waals surface area contributed by atoms with E-state index in [2.05, 4.69) is 6.92 Å². The Morgan fingerprint density at radius 3 is 2.15 bits per heavy atom. The van der Waals surface area contributed by atoms with E-state index in [0.29, 0.717) is 5.92 Å². The summed E-state index contributed by atoms with van der Waals surface area (Å²) in [6.45, 7) is 3.97. The van der Waals surface area contributed by atoms with Crippen LogP contribution >= 0.6 is 0 Å². The SMILES string of the molecule is COC(OC)C(C)C(=O)C1CC1C. The summed E-state index contributed by atoms with van der Waals surface area (Å²) in [6.07, 6.45) is 0.642. The maximum Gasteiger partial charge on any atom is 0.166 e. The molecule has 1 saturated carbocycles. The van der Waals surface area contributed by atoms with E-state index >= 15 is 0 Å². The van der Waals surface area contributed by atoms with Gasteiger partial charge in [-0.1, -0.05) is 13.8 Å². The van der Waals surface area contributed by atoms with E-state index < -0.39 is 0 Å². The zero-order chi connectivity index (χ0) is 10.0. The highest BCUT2D eigenvalue weighted by atomic mass is 16.7. The van der Waals surface area contributed by atoms with Crippen LogP contribution in [0, 0.1) is 17.8 Å². The Hall–Kier alpha value is -0.410. The molecule has 1 aliphatic carbocycles. The summed E-state index contributed by atoms with van der Waals surface area (Å²) in [5, 5.41) is 0. The lowest BCUT2D eigenvalue weighted by Crippen LogP contribution is -2.30. The van der Waals surface area contributed by atoms with Crippen molar-refractivity contribution in [2.24, 2.45) is 17.8 Å². The summed E-state index contributed by atoms with van der Waals surface area (Å²) in [4.78, 5) is 11.7. The molecule has 0 bridgehead atoms. The largest absolute Gasteiger partial charge is 0.355 e. The minimum atomic E-state index is -0.389. The number of carbonyl (C=O) groups is 1. The van der Waals surface area contributed by atoms with Crippen LogP contribution in [0.4, 0.5) is 0 Å². The van der Waals surface area contributed by atoms with Crippen molar-refractivity contribution in [1.29, 1.82) is 0 Å². The molecule has 0 aliphatic heterocycles. The van der Waals surface area contributed by atoms with Crippen molar-refractivity contribution in [1.82, 2.24) is 0 Å². The molecule has 0 aromatic rings. The maximum atomic E-state index is 11.7. The third-order valence-electron chi connectivity index (χ3n) is 2.80. The molecule has 0 amide bonds. The highest BCUT2D eigenvalue weighted by Crippen LogP contribution is 2.40. The molecule has 3 atom stereocenters. The van der Waals surface area contributed by atoms with Gasteiger partial charge in [0.25, 0.3) is 0 Å². The fourth-order valence-electron chi connectivity index (χ4n) is 1.69. The first-order valence-corrected chi connectivity index (χ1v) is 4.71. The Morgan fingerprint density at radius 1 is 1.38 bits per heavy atom. The van der Waals surface area contributed by atoms with Crippen LogP contribution in [0.5, 0.6) is 0 Å². The van der Waals surface area contributed by atoms with Gasteiger partial charge in [0, 0.05) is 20.1 Å². The number of hydrogen-bond acceptors (Lipinski definition) is 3. The van der Waals surface area contributed by atoms with E-state index in [0.717, 1.165) is 6.42 Å².